The van der Waals surface area contributed by atoms with Crippen molar-refractivity contribution < 1.29 is 36.2 Å². The molecule has 3 nitrogen and oxygen atoms in total. The van der Waals surface area contributed by atoms with Crippen LogP contribution in [-0.4, -0.2) is 25.6 Å². The maximum absolute atomic E-state index is 15.1. The van der Waals surface area contributed by atoms with Crippen LogP contribution in [0.2, 0.25) is 5.02 Å². The second kappa shape index (κ2) is 14.5. The Bertz CT molecular complexity index is 1180. The number of hydrogen-bond donors (Lipinski definition) is 0. The van der Waals surface area contributed by atoms with Crippen molar-refractivity contribution in [3.05, 3.63) is 52.8 Å². The SMILES string of the molecule is CCCCCC1CCC(C2COC(C3CCC(C(F)(F)Oc4cc(F)c(-c5ccc(Cl)c(F)c5)c(F)c4)CC3)OC2)CC1. The zero-order valence-electron chi connectivity index (χ0n) is 24.7. The van der Waals surface area contributed by atoms with Gasteiger partial charge in [0.25, 0.3) is 0 Å². The van der Waals surface area contributed by atoms with Gasteiger partial charge in [-0.25, -0.2) is 13.2 Å². The van der Waals surface area contributed by atoms with Crippen molar-refractivity contribution in [3.8, 4) is 16.9 Å². The molecule has 2 aromatic carbocycles. The van der Waals surface area contributed by atoms with Crippen molar-refractivity contribution >= 4 is 11.6 Å². The lowest BCUT2D eigenvalue weighted by Crippen LogP contribution is -2.43. The number of rotatable bonds is 10. The summed E-state index contributed by atoms with van der Waals surface area (Å²) in [5.41, 5.74) is -0.645. The van der Waals surface area contributed by atoms with Crippen LogP contribution >= 0.6 is 11.6 Å². The van der Waals surface area contributed by atoms with E-state index in [2.05, 4.69) is 6.92 Å². The molecule has 5 rings (SSSR count). The minimum absolute atomic E-state index is 0.0243. The lowest BCUT2D eigenvalue weighted by molar-refractivity contribution is -0.251. The molecule has 1 saturated heterocycles. The fraction of sp³-hybridized carbons (Fsp3) is 0.647. The Kier molecular flexibility index (Phi) is 10.9. The van der Waals surface area contributed by atoms with Crippen LogP contribution in [-0.2, 0) is 9.47 Å². The average molecular weight is 629 g/mol. The summed E-state index contributed by atoms with van der Waals surface area (Å²) in [7, 11) is 0. The highest BCUT2D eigenvalue weighted by atomic mass is 35.5. The monoisotopic (exact) mass is 628 g/mol. The van der Waals surface area contributed by atoms with Crippen molar-refractivity contribution in [2.24, 2.45) is 29.6 Å². The third kappa shape index (κ3) is 8.04. The lowest BCUT2D eigenvalue weighted by atomic mass is 9.74. The standard InChI is InChI=1S/C34H42ClF5O3/c1-2-3-4-5-21-6-8-22(9-7-21)25-19-41-33(42-20-25)23-10-13-26(14-11-23)34(39,40)43-27-17-30(37)32(31(38)18-27)24-12-15-28(35)29(36)16-24/h12,15-18,21-23,25-26,33H,2-11,13-14,19-20H2,1H3. The van der Waals surface area contributed by atoms with Crippen molar-refractivity contribution in [2.45, 2.75) is 96.4 Å². The van der Waals surface area contributed by atoms with Crippen LogP contribution in [0.25, 0.3) is 11.1 Å². The highest BCUT2D eigenvalue weighted by Crippen LogP contribution is 2.44. The molecule has 1 heterocycles. The predicted molar refractivity (Wildman–Crippen MR) is 157 cm³/mol. The number of benzene rings is 2. The molecule has 3 aliphatic rings. The summed E-state index contributed by atoms with van der Waals surface area (Å²) >= 11 is 5.65. The van der Waals surface area contributed by atoms with Gasteiger partial charge in [-0.3, -0.25) is 0 Å². The van der Waals surface area contributed by atoms with E-state index in [1.165, 1.54) is 63.5 Å². The van der Waals surface area contributed by atoms with Crippen molar-refractivity contribution in [3.63, 3.8) is 0 Å². The Hall–Kier alpha value is -1.90. The van der Waals surface area contributed by atoms with Gasteiger partial charge >= 0.3 is 6.11 Å². The zero-order valence-corrected chi connectivity index (χ0v) is 25.5. The summed E-state index contributed by atoms with van der Waals surface area (Å²) in [6.07, 6.45) is 7.65. The van der Waals surface area contributed by atoms with E-state index in [1.54, 1.807) is 0 Å². The van der Waals surface area contributed by atoms with Crippen LogP contribution in [0.5, 0.6) is 5.75 Å². The van der Waals surface area contributed by atoms with E-state index in [-0.39, 0.29) is 35.6 Å². The molecule has 2 aromatic rings. The first-order valence-electron chi connectivity index (χ1n) is 15.9. The van der Waals surface area contributed by atoms with Crippen LogP contribution in [0, 0.1) is 47.0 Å². The molecule has 0 bridgehead atoms. The van der Waals surface area contributed by atoms with Crippen molar-refractivity contribution in [2.75, 3.05) is 13.2 Å². The third-order valence-electron chi connectivity index (χ3n) is 9.83. The topological polar surface area (TPSA) is 27.7 Å². The molecule has 0 atom stereocenters. The van der Waals surface area contributed by atoms with Gasteiger partial charge in [-0.15, -0.1) is 0 Å². The van der Waals surface area contributed by atoms with Gasteiger partial charge in [-0.2, -0.15) is 8.78 Å². The summed E-state index contributed by atoms with van der Waals surface area (Å²) < 4.78 is 90.8. The molecule has 9 heteroatoms. The van der Waals surface area contributed by atoms with Gasteiger partial charge < -0.3 is 14.2 Å². The molecule has 3 fully saturated rings. The maximum atomic E-state index is 15.1. The van der Waals surface area contributed by atoms with E-state index in [4.69, 9.17) is 25.8 Å². The van der Waals surface area contributed by atoms with Gasteiger partial charge in [0.15, 0.2) is 6.29 Å². The fourth-order valence-electron chi connectivity index (χ4n) is 7.21. The molecule has 238 valence electrons. The summed E-state index contributed by atoms with van der Waals surface area (Å²) in [5.74, 6) is -2.95. The number of halogens is 6. The molecule has 2 aliphatic carbocycles. The normalized spacial score (nSPS) is 28.5. The highest BCUT2D eigenvalue weighted by Gasteiger charge is 2.46. The molecule has 0 unspecified atom stereocenters. The van der Waals surface area contributed by atoms with E-state index in [9.17, 15) is 13.2 Å². The molecule has 0 spiro atoms. The van der Waals surface area contributed by atoms with Crippen molar-refractivity contribution in [1.29, 1.82) is 0 Å². The lowest BCUT2D eigenvalue weighted by Gasteiger charge is -2.41. The van der Waals surface area contributed by atoms with Crippen LogP contribution in [0.3, 0.4) is 0 Å². The number of unbranched alkanes of at least 4 members (excludes halogenated alkanes) is 2. The number of ether oxygens (including phenoxy) is 3. The quantitative estimate of drug-likeness (QED) is 0.193. The Labute approximate surface area is 256 Å². The summed E-state index contributed by atoms with van der Waals surface area (Å²) in [6, 6.07) is 4.70. The Morgan fingerprint density at radius 1 is 0.791 bits per heavy atom. The van der Waals surface area contributed by atoms with Gasteiger partial charge in [-0.1, -0.05) is 63.1 Å². The largest absolute Gasteiger partial charge is 0.432 e. The second-order valence-electron chi connectivity index (χ2n) is 12.7. The zero-order chi connectivity index (χ0) is 30.6. The molecule has 0 aromatic heterocycles. The van der Waals surface area contributed by atoms with Crippen molar-refractivity contribution in [1.82, 2.24) is 0 Å². The fourth-order valence-corrected chi connectivity index (χ4v) is 7.33. The van der Waals surface area contributed by atoms with Crippen LogP contribution in [0.1, 0.15) is 84.0 Å². The second-order valence-corrected chi connectivity index (χ2v) is 13.1. The maximum Gasteiger partial charge on any atom is 0.400 e. The van der Waals surface area contributed by atoms with Gasteiger partial charge in [0.2, 0.25) is 0 Å². The van der Waals surface area contributed by atoms with Crippen LogP contribution < -0.4 is 4.74 Å². The summed E-state index contributed by atoms with van der Waals surface area (Å²) in [4.78, 5) is 0. The van der Waals surface area contributed by atoms with Gasteiger partial charge in [0.05, 0.1) is 29.7 Å². The summed E-state index contributed by atoms with van der Waals surface area (Å²) in [5, 5.41) is -0.199. The van der Waals surface area contributed by atoms with Crippen LogP contribution in [0.15, 0.2) is 30.3 Å². The molecule has 1 aliphatic heterocycles. The van der Waals surface area contributed by atoms with E-state index < -0.39 is 40.8 Å². The van der Waals surface area contributed by atoms with Crippen LogP contribution in [0.4, 0.5) is 22.0 Å². The molecule has 2 saturated carbocycles. The molecule has 43 heavy (non-hydrogen) atoms. The highest BCUT2D eigenvalue weighted by molar-refractivity contribution is 6.30. The molecular weight excluding hydrogens is 587 g/mol. The molecular formula is C34H42ClF5O3. The van der Waals surface area contributed by atoms with Gasteiger partial charge in [0, 0.05) is 24.0 Å². The predicted octanol–water partition coefficient (Wildman–Crippen LogP) is 10.6. The molecule has 0 amide bonds. The average Bonchev–Trinajstić information content (AvgIpc) is 2.99. The minimum Gasteiger partial charge on any atom is -0.432 e. The van der Waals surface area contributed by atoms with Gasteiger partial charge in [-0.05, 0) is 68.1 Å². The first-order valence-corrected chi connectivity index (χ1v) is 16.3. The number of alkyl halides is 2. The third-order valence-corrected chi connectivity index (χ3v) is 10.1. The Morgan fingerprint density at radius 2 is 1.42 bits per heavy atom. The Balaban J connectivity index is 1.08. The smallest absolute Gasteiger partial charge is 0.400 e. The minimum atomic E-state index is -3.62. The first-order chi connectivity index (χ1) is 20.6. The van der Waals surface area contributed by atoms with Gasteiger partial charge in [0.1, 0.15) is 23.2 Å². The van der Waals surface area contributed by atoms with E-state index in [1.807, 2.05) is 0 Å². The molecule has 0 N–H and O–H groups in total. The van der Waals surface area contributed by atoms with E-state index in [0.717, 1.165) is 12.0 Å². The summed E-state index contributed by atoms with van der Waals surface area (Å²) in [6.45, 7) is 3.56. The Morgan fingerprint density at radius 3 is 2.02 bits per heavy atom. The first kappa shape index (κ1) is 32.5. The van der Waals surface area contributed by atoms with E-state index in [0.29, 0.717) is 50.0 Å². The van der Waals surface area contributed by atoms with E-state index >= 15 is 8.78 Å². The number of hydrogen-bond acceptors (Lipinski definition) is 3. The molecule has 0 radical (unpaired) electrons.